The number of hydrogen-bond acceptors (Lipinski definition) is 7. The molecular formula is C11H9FN2O7. The number of nitro benzene ring substituents is 2. The first-order valence-corrected chi connectivity index (χ1v) is 5.58. The molecule has 0 aromatic heterocycles. The molecule has 1 aromatic rings. The number of ketones is 1. The molecule has 9 nitrogen and oxygen atoms in total. The molecule has 0 aliphatic rings. The summed E-state index contributed by atoms with van der Waals surface area (Å²) in [5.74, 6) is -3.08. The van der Waals surface area contributed by atoms with Gasteiger partial charge in [-0.15, -0.1) is 0 Å². The maximum absolute atomic E-state index is 13.6. The second-order valence-corrected chi connectivity index (χ2v) is 3.67. The topological polar surface area (TPSA) is 130 Å². The summed E-state index contributed by atoms with van der Waals surface area (Å²) >= 11 is 0. The van der Waals surface area contributed by atoms with Crippen molar-refractivity contribution >= 4 is 23.1 Å². The number of hydrogen-bond donors (Lipinski definition) is 0. The van der Waals surface area contributed by atoms with Crippen molar-refractivity contribution in [3.05, 3.63) is 44.0 Å². The Kier molecular flexibility index (Phi) is 5.00. The van der Waals surface area contributed by atoms with Crippen LogP contribution in [0.25, 0.3) is 0 Å². The summed E-state index contributed by atoms with van der Waals surface area (Å²) in [6.07, 6.45) is -2.79. The van der Waals surface area contributed by atoms with E-state index >= 15 is 0 Å². The molecule has 0 N–H and O–H groups in total. The lowest BCUT2D eigenvalue weighted by atomic mass is 10.0. The standard InChI is InChI=1S/C11H9FN2O7/c1-2-21-11(16)8(12)10(15)6-4-3-5-7(13(17)18)9(6)14(19)20/h3-5,8H,2H2,1H3. The number of ether oxygens (including phenoxy) is 1. The van der Waals surface area contributed by atoms with E-state index in [-0.39, 0.29) is 6.61 Å². The van der Waals surface area contributed by atoms with E-state index in [1.807, 2.05) is 0 Å². The zero-order valence-corrected chi connectivity index (χ0v) is 10.6. The Labute approximate surface area is 116 Å². The Morgan fingerprint density at radius 2 is 1.90 bits per heavy atom. The fourth-order valence-corrected chi connectivity index (χ4v) is 1.53. The number of benzene rings is 1. The maximum atomic E-state index is 13.6. The van der Waals surface area contributed by atoms with Gasteiger partial charge in [-0.3, -0.25) is 25.0 Å². The quantitative estimate of drug-likeness (QED) is 0.256. The summed E-state index contributed by atoms with van der Waals surface area (Å²) in [4.78, 5) is 42.2. The molecule has 0 heterocycles. The molecule has 0 bridgehead atoms. The average molecular weight is 300 g/mol. The van der Waals surface area contributed by atoms with E-state index in [4.69, 9.17) is 0 Å². The van der Waals surface area contributed by atoms with Crippen molar-refractivity contribution in [1.29, 1.82) is 0 Å². The lowest BCUT2D eigenvalue weighted by Crippen LogP contribution is -2.28. The fourth-order valence-electron chi connectivity index (χ4n) is 1.53. The molecule has 1 unspecified atom stereocenters. The molecule has 0 amide bonds. The molecule has 112 valence electrons. The van der Waals surface area contributed by atoms with Gasteiger partial charge in [0.15, 0.2) is 0 Å². The van der Waals surface area contributed by atoms with E-state index in [2.05, 4.69) is 4.74 Å². The second-order valence-electron chi connectivity index (χ2n) is 3.67. The molecule has 1 aromatic carbocycles. The predicted molar refractivity (Wildman–Crippen MR) is 65.6 cm³/mol. The van der Waals surface area contributed by atoms with Gasteiger partial charge in [0.05, 0.1) is 16.5 Å². The smallest absolute Gasteiger partial charge is 0.356 e. The van der Waals surface area contributed by atoms with E-state index in [9.17, 15) is 34.2 Å². The van der Waals surface area contributed by atoms with Gasteiger partial charge in [0.2, 0.25) is 5.78 Å². The van der Waals surface area contributed by atoms with Crippen LogP contribution in [-0.4, -0.2) is 34.4 Å². The van der Waals surface area contributed by atoms with E-state index in [1.165, 1.54) is 6.92 Å². The van der Waals surface area contributed by atoms with Gasteiger partial charge >= 0.3 is 17.3 Å². The minimum atomic E-state index is -2.79. The van der Waals surface area contributed by atoms with Gasteiger partial charge in [-0.1, -0.05) is 6.07 Å². The van der Waals surface area contributed by atoms with Crippen LogP contribution in [0.4, 0.5) is 15.8 Å². The molecule has 10 heteroatoms. The number of nitro groups is 2. The van der Waals surface area contributed by atoms with Gasteiger partial charge in [-0.2, -0.15) is 0 Å². The number of carbonyl (C=O) groups is 2. The fraction of sp³-hybridized carbons (Fsp3) is 0.273. The van der Waals surface area contributed by atoms with Crippen molar-refractivity contribution in [2.75, 3.05) is 6.61 Å². The second kappa shape index (κ2) is 6.50. The van der Waals surface area contributed by atoms with Gasteiger partial charge < -0.3 is 4.74 Å². The van der Waals surface area contributed by atoms with Gasteiger partial charge in [0, 0.05) is 6.07 Å². The highest BCUT2D eigenvalue weighted by atomic mass is 19.1. The van der Waals surface area contributed by atoms with Crippen molar-refractivity contribution in [2.24, 2.45) is 0 Å². The van der Waals surface area contributed by atoms with Crippen molar-refractivity contribution < 1.29 is 28.6 Å². The number of nitrogens with zero attached hydrogens (tertiary/aromatic N) is 2. The van der Waals surface area contributed by atoms with E-state index in [1.54, 1.807) is 0 Å². The summed E-state index contributed by atoms with van der Waals surface area (Å²) in [6.45, 7) is 1.19. The summed E-state index contributed by atoms with van der Waals surface area (Å²) in [5, 5.41) is 21.6. The number of para-hydroxylation sites is 1. The molecule has 0 saturated carbocycles. The largest absolute Gasteiger partial charge is 0.463 e. The van der Waals surface area contributed by atoms with Crippen LogP contribution in [0, 0.1) is 20.2 Å². The van der Waals surface area contributed by atoms with Crippen LogP contribution in [0.5, 0.6) is 0 Å². The number of alkyl halides is 1. The highest BCUT2D eigenvalue weighted by Crippen LogP contribution is 2.31. The zero-order chi connectivity index (χ0) is 16.2. The third-order valence-electron chi connectivity index (χ3n) is 2.38. The third kappa shape index (κ3) is 3.35. The molecule has 0 radical (unpaired) electrons. The van der Waals surface area contributed by atoms with E-state index < -0.39 is 44.7 Å². The highest BCUT2D eigenvalue weighted by molar-refractivity contribution is 6.13. The molecule has 0 spiro atoms. The lowest BCUT2D eigenvalue weighted by Gasteiger charge is -2.07. The Bertz CT molecular complexity index is 617. The third-order valence-corrected chi connectivity index (χ3v) is 2.38. The average Bonchev–Trinajstić information content (AvgIpc) is 2.44. The van der Waals surface area contributed by atoms with Crippen molar-refractivity contribution in [3.8, 4) is 0 Å². The van der Waals surface area contributed by atoms with Gasteiger partial charge in [-0.25, -0.2) is 9.18 Å². The molecular weight excluding hydrogens is 291 g/mol. The molecule has 0 aliphatic carbocycles. The van der Waals surface area contributed by atoms with E-state index in [0.717, 1.165) is 18.2 Å². The first-order chi connectivity index (χ1) is 9.81. The summed E-state index contributed by atoms with van der Waals surface area (Å²) in [7, 11) is 0. The minimum absolute atomic E-state index is 0.191. The van der Waals surface area contributed by atoms with Crippen LogP contribution in [0.3, 0.4) is 0 Å². The van der Waals surface area contributed by atoms with Crippen LogP contribution in [0.15, 0.2) is 18.2 Å². The van der Waals surface area contributed by atoms with Crippen LogP contribution in [-0.2, 0) is 9.53 Å². The molecule has 1 rings (SSSR count). The zero-order valence-electron chi connectivity index (χ0n) is 10.6. The van der Waals surface area contributed by atoms with Crippen molar-refractivity contribution in [1.82, 2.24) is 0 Å². The SMILES string of the molecule is CCOC(=O)C(F)C(=O)c1cccc([N+](=O)[O-])c1[N+](=O)[O-]. The van der Waals surface area contributed by atoms with Crippen LogP contribution in [0.2, 0.25) is 0 Å². The Morgan fingerprint density at radius 3 is 2.38 bits per heavy atom. The Hall–Kier alpha value is -2.91. The molecule has 0 aliphatic heterocycles. The first kappa shape index (κ1) is 16.1. The van der Waals surface area contributed by atoms with Crippen LogP contribution >= 0.6 is 0 Å². The number of halogens is 1. The maximum Gasteiger partial charge on any atom is 0.356 e. The number of esters is 1. The highest BCUT2D eigenvalue weighted by Gasteiger charge is 2.37. The molecule has 0 fully saturated rings. The molecule has 21 heavy (non-hydrogen) atoms. The Morgan fingerprint density at radius 1 is 1.29 bits per heavy atom. The van der Waals surface area contributed by atoms with Crippen LogP contribution in [0.1, 0.15) is 17.3 Å². The van der Waals surface area contributed by atoms with Gasteiger partial charge in [0.1, 0.15) is 5.56 Å². The van der Waals surface area contributed by atoms with Crippen molar-refractivity contribution in [3.63, 3.8) is 0 Å². The van der Waals surface area contributed by atoms with E-state index in [0.29, 0.717) is 0 Å². The minimum Gasteiger partial charge on any atom is -0.463 e. The monoisotopic (exact) mass is 300 g/mol. The number of carbonyl (C=O) groups excluding carboxylic acids is 2. The lowest BCUT2D eigenvalue weighted by molar-refractivity contribution is -0.422. The molecule has 0 saturated heterocycles. The first-order valence-electron chi connectivity index (χ1n) is 5.58. The van der Waals surface area contributed by atoms with Crippen LogP contribution < -0.4 is 0 Å². The number of Topliss-reactive ketones (excluding diaryl/α,β-unsaturated/α-hetero) is 1. The summed E-state index contributed by atoms with van der Waals surface area (Å²) in [5.41, 5.74) is -3.00. The van der Waals surface area contributed by atoms with Gasteiger partial charge in [-0.05, 0) is 13.0 Å². The summed E-state index contributed by atoms with van der Waals surface area (Å²) in [6, 6.07) is 2.61. The Balaban J connectivity index is 3.33. The predicted octanol–water partition coefficient (Wildman–Crippen LogP) is 1.59. The normalized spacial score (nSPS) is 11.5. The summed E-state index contributed by atoms with van der Waals surface area (Å²) < 4.78 is 17.9. The van der Waals surface area contributed by atoms with Crippen molar-refractivity contribution in [2.45, 2.75) is 13.1 Å². The molecule has 1 atom stereocenters. The number of rotatable bonds is 6. The van der Waals surface area contributed by atoms with Gasteiger partial charge in [0.25, 0.3) is 6.17 Å².